The third kappa shape index (κ3) is 2.60. The van der Waals surface area contributed by atoms with Crippen molar-refractivity contribution in [3.05, 3.63) is 35.4 Å². The summed E-state index contributed by atoms with van der Waals surface area (Å²) in [6, 6.07) is 9.02. The van der Waals surface area contributed by atoms with Crippen LogP contribution in [0.5, 0.6) is 0 Å². The SMILES string of the molecule is CCC(C)C(CC)c1ccc(C)cc1. The maximum absolute atomic E-state index is 2.36. The van der Waals surface area contributed by atoms with Crippen LogP contribution in [-0.4, -0.2) is 0 Å². The zero-order chi connectivity index (χ0) is 10.6. The van der Waals surface area contributed by atoms with Gasteiger partial charge in [0, 0.05) is 0 Å². The van der Waals surface area contributed by atoms with E-state index in [0.717, 1.165) is 11.8 Å². The summed E-state index contributed by atoms with van der Waals surface area (Å²) in [6.07, 6.45) is 2.52. The lowest BCUT2D eigenvalue weighted by molar-refractivity contribution is 0.435. The molecule has 2 unspecified atom stereocenters. The van der Waals surface area contributed by atoms with Gasteiger partial charge in [0.15, 0.2) is 0 Å². The van der Waals surface area contributed by atoms with Gasteiger partial charge < -0.3 is 0 Å². The Morgan fingerprint density at radius 1 is 1.00 bits per heavy atom. The number of rotatable bonds is 4. The molecule has 0 aliphatic carbocycles. The van der Waals surface area contributed by atoms with Gasteiger partial charge in [0.1, 0.15) is 0 Å². The van der Waals surface area contributed by atoms with Crippen molar-refractivity contribution in [3.8, 4) is 0 Å². The fraction of sp³-hybridized carbons (Fsp3) is 0.571. The van der Waals surface area contributed by atoms with Gasteiger partial charge in [0.05, 0.1) is 0 Å². The van der Waals surface area contributed by atoms with Crippen molar-refractivity contribution in [2.75, 3.05) is 0 Å². The molecule has 0 aliphatic rings. The molecule has 0 saturated heterocycles. The molecule has 0 amide bonds. The summed E-state index contributed by atoms with van der Waals surface area (Å²) in [5, 5.41) is 0. The highest BCUT2D eigenvalue weighted by Crippen LogP contribution is 2.29. The van der Waals surface area contributed by atoms with Gasteiger partial charge in [0.25, 0.3) is 0 Å². The van der Waals surface area contributed by atoms with E-state index in [2.05, 4.69) is 52.0 Å². The topological polar surface area (TPSA) is 0 Å². The molecule has 0 nitrogen and oxygen atoms in total. The van der Waals surface area contributed by atoms with Crippen LogP contribution in [0.4, 0.5) is 0 Å². The van der Waals surface area contributed by atoms with Crippen molar-refractivity contribution in [2.24, 2.45) is 5.92 Å². The highest BCUT2D eigenvalue weighted by atomic mass is 14.2. The molecule has 0 saturated carbocycles. The lowest BCUT2D eigenvalue weighted by Crippen LogP contribution is -2.07. The molecule has 14 heavy (non-hydrogen) atoms. The second-order valence-corrected chi connectivity index (χ2v) is 4.31. The number of benzene rings is 1. The van der Waals surface area contributed by atoms with E-state index in [1.165, 1.54) is 24.0 Å². The summed E-state index contributed by atoms with van der Waals surface area (Å²) in [5.74, 6) is 1.53. The molecule has 1 aromatic rings. The van der Waals surface area contributed by atoms with Crippen molar-refractivity contribution in [2.45, 2.75) is 46.5 Å². The number of hydrogen-bond donors (Lipinski definition) is 0. The minimum atomic E-state index is 0.737. The third-order valence-electron chi connectivity index (χ3n) is 3.28. The zero-order valence-corrected chi connectivity index (χ0v) is 9.88. The molecule has 0 bridgehead atoms. The van der Waals surface area contributed by atoms with E-state index in [0.29, 0.717) is 0 Å². The van der Waals surface area contributed by atoms with Crippen LogP contribution in [0.25, 0.3) is 0 Å². The van der Waals surface area contributed by atoms with Crippen molar-refractivity contribution >= 4 is 0 Å². The highest BCUT2D eigenvalue weighted by Gasteiger charge is 2.15. The van der Waals surface area contributed by atoms with Crippen molar-refractivity contribution in [3.63, 3.8) is 0 Å². The first-order valence-electron chi connectivity index (χ1n) is 5.75. The Labute approximate surface area is 88.4 Å². The predicted molar refractivity (Wildman–Crippen MR) is 63.7 cm³/mol. The van der Waals surface area contributed by atoms with E-state index in [4.69, 9.17) is 0 Å². The van der Waals surface area contributed by atoms with Crippen molar-refractivity contribution in [1.82, 2.24) is 0 Å². The van der Waals surface area contributed by atoms with Crippen LogP contribution < -0.4 is 0 Å². The van der Waals surface area contributed by atoms with Crippen molar-refractivity contribution < 1.29 is 0 Å². The summed E-state index contributed by atoms with van der Waals surface area (Å²) >= 11 is 0. The molecule has 2 atom stereocenters. The number of hydrogen-bond acceptors (Lipinski definition) is 0. The maximum atomic E-state index is 2.36. The van der Waals surface area contributed by atoms with Gasteiger partial charge in [-0.2, -0.15) is 0 Å². The Hall–Kier alpha value is -0.780. The van der Waals surface area contributed by atoms with E-state index < -0.39 is 0 Å². The van der Waals surface area contributed by atoms with E-state index >= 15 is 0 Å². The lowest BCUT2D eigenvalue weighted by atomic mass is 9.83. The van der Waals surface area contributed by atoms with Crippen LogP contribution in [0.1, 0.15) is 50.7 Å². The largest absolute Gasteiger partial charge is 0.0651 e. The Morgan fingerprint density at radius 2 is 1.57 bits per heavy atom. The van der Waals surface area contributed by atoms with Crippen LogP contribution in [-0.2, 0) is 0 Å². The second-order valence-electron chi connectivity index (χ2n) is 4.31. The van der Waals surface area contributed by atoms with Crippen LogP contribution in [0, 0.1) is 12.8 Å². The fourth-order valence-corrected chi connectivity index (χ4v) is 2.06. The quantitative estimate of drug-likeness (QED) is 0.654. The van der Waals surface area contributed by atoms with Crippen LogP contribution >= 0.6 is 0 Å². The Balaban J connectivity index is 2.84. The molecular weight excluding hydrogens is 168 g/mol. The van der Waals surface area contributed by atoms with E-state index in [-0.39, 0.29) is 0 Å². The van der Waals surface area contributed by atoms with Gasteiger partial charge in [-0.15, -0.1) is 0 Å². The van der Waals surface area contributed by atoms with Crippen LogP contribution in [0.15, 0.2) is 24.3 Å². The van der Waals surface area contributed by atoms with Gasteiger partial charge in [-0.3, -0.25) is 0 Å². The molecule has 78 valence electrons. The monoisotopic (exact) mass is 190 g/mol. The molecule has 1 aromatic carbocycles. The minimum Gasteiger partial charge on any atom is -0.0651 e. The minimum absolute atomic E-state index is 0.737. The van der Waals surface area contributed by atoms with Crippen molar-refractivity contribution in [1.29, 1.82) is 0 Å². The summed E-state index contributed by atoms with van der Waals surface area (Å²) in [5.41, 5.74) is 2.86. The van der Waals surface area contributed by atoms with Gasteiger partial charge in [0.2, 0.25) is 0 Å². The summed E-state index contributed by atoms with van der Waals surface area (Å²) in [6.45, 7) is 9.07. The van der Waals surface area contributed by atoms with Gasteiger partial charge in [-0.25, -0.2) is 0 Å². The Bertz CT molecular complexity index is 258. The first-order valence-corrected chi connectivity index (χ1v) is 5.75. The van der Waals surface area contributed by atoms with E-state index in [1.54, 1.807) is 0 Å². The molecule has 0 fully saturated rings. The van der Waals surface area contributed by atoms with Gasteiger partial charge >= 0.3 is 0 Å². The molecule has 1 rings (SSSR count). The molecule has 0 aliphatic heterocycles. The summed E-state index contributed by atoms with van der Waals surface area (Å²) in [4.78, 5) is 0. The standard InChI is InChI=1S/C14H22/c1-5-12(4)14(6-2)13-9-7-11(3)8-10-13/h7-10,12,14H,5-6H2,1-4H3. The first-order chi connectivity index (χ1) is 6.69. The average molecular weight is 190 g/mol. The molecule has 0 spiro atoms. The fourth-order valence-electron chi connectivity index (χ4n) is 2.06. The smallest absolute Gasteiger partial charge is 0.0139 e. The Morgan fingerprint density at radius 3 is 2.00 bits per heavy atom. The molecule has 0 aromatic heterocycles. The van der Waals surface area contributed by atoms with Gasteiger partial charge in [-0.1, -0.05) is 57.0 Å². The normalized spacial score (nSPS) is 15.1. The lowest BCUT2D eigenvalue weighted by Gasteiger charge is -2.22. The molecule has 0 heterocycles. The average Bonchev–Trinajstić information content (AvgIpc) is 2.21. The molecule has 0 radical (unpaired) electrons. The summed E-state index contributed by atoms with van der Waals surface area (Å²) < 4.78 is 0. The Kier molecular flexibility index (Phi) is 4.19. The maximum Gasteiger partial charge on any atom is -0.0139 e. The third-order valence-corrected chi connectivity index (χ3v) is 3.28. The van der Waals surface area contributed by atoms with Crippen LogP contribution in [0.3, 0.4) is 0 Å². The first kappa shape index (κ1) is 11.3. The second kappa shape index (κ2) is 5.19. The zero-order valence-electron chi connectivity index (χ0n) is 9.88. The van der Waals surface area contributed by atoms with E-state index in [1.807, 2.05) is 0 Å². The summed E-state index contributed by atoms with van der Waals surface area (Å²) in [7, 11) is 0. The van der Waals surface area contributed by atoms with Crippen LogP contribution in [0.2, 0.25) is 0 Å². The molecule has 0 heteroatoms. The molecular formula is C14H22. The van der Waals surface area contributed by atoms with E-state index in [9.17, 15) is 0 Å². The highest BCUT2D eigenvalue weighted by molar-refractivity contribution is 5.24. The molecule has 0 N–H and O–H groups in total. The van der Waals surface area contributed by atoms with Gasteiger partial charge in [-0.05, 0) is 30.7 Å². The number of aryl methyl sites for hydroxylation is 1. The predicted octanol–water partition coefficient (Wildman–Crippen LogP) is 4.53.